The van der Waals surface area contributed by atoms with Gasteiger partial charge in [-0.25, -0.2) is 4.98 Å². The summed E-state index contributed by atoms with van der Waals surface area (Å²) < 4.78 is 0. The molecule has 2 heterocycles. The number of aromatic nitrogens is 2. The minimum atomic E-state index is 0.112. The lowest BCUT2D eigenvalue weighted by Gasteiger charge is -2.23. The third-order valence-corrected chi connectivity index (χ3v) is 5.26. The maximum absolute atomic E-state index is 9.11. The third kappa shape index (κ3) is 5.77. The maximum atomic E-state index is 9.11. The van der Waals surface area contributed by atoms with Crippen LogP contribution in [0.1, 0.15) is 32.1 Å². The van der Waals surface area contributed by atoms with Crippen LogP contribution >= 0.6 is 0 Å². The van der Waals surface area contributed by atoms with E-state index in [9.17, 15) is 0 Å². The van der Waals surface area contributed by atoms with Crippen molar-refractivity contribution in [2.24, 2.45) is 0 Å². The van der Waals surface area contributed by atoms with E-state index < -0.39 is 0 Å². The summed E-state index contributed by atoms with van der Waals surface area (Å²) in [5.41, 5.74) is 0.974. The van der Waals surface area contributed by atoms with Crippen molar-refractivity contribution in [1.82, 2.24) is 14.9 Å². The van der Waals surface area contributed by atoms with Crippen LogP contribution in [0, 0.1) is 0 Å². The van der Waals surface area contributed by atoms with Gasteiger partial charge in [-0.2, -0.15) is 4.98 Å². The van der Waals surface area contributed by atoms with Crippen LogP contribution in [-0.2, 0) is 0 Å². The summed E-state index contributed by atoms with van der Waals surface area (Å²) in [6, 6.07) is 8.23. The van der Waals surface area contributed by atoms with Crippen molar-refractivity contribution in [2.75, 3.05) is 62.7 Å². The van der Waals surface area contributed by atoms with Gasteiger partial charge in [-0.15, -0.1) is 0 Å². The molecule has 1 aliphatic heterocycles. The summed E-state index contributed by atoms with van der Waals surface area (Å²) in [7, 11) is 0. The summed E-state index contributed by atoms with van der Waals surface area (Å²) in [5, 5.41) is 22.7. The van der Waals surface area contributed by atoms with E-state index in [-0.39, 0.29) is 13.2 Å². The quantitative estimate of drug-likeness (QED) is 0.538. The smallest absolute Gasteiger partial charge is 0.225 e. The second kappa shape index (κ2) is 11.1. The van der Waals surface area contributed by atoms with E-state index in [4.69, 9.17) is 20.2 Å². The van der Waals surface area contributed by atoms with Crippen LogP contribution in [0.15, 0.2) is 24.3 Å². The minimum Gasteiger partial charge on any atom is -0.395 e. The Balaban J connectivity index is 1.67. The molecule has 0 spiro atoms. The van der Waals surface area contributed by atoms with Gasteiger partial charge in [-0.3, -0.25) is 4.90 Å². The molecule has 154 valence electrons. The molecule has 0 aliphatic carbocycles. The van der Waals surface area contributed by atoms with E-state index >= 15 is 0 Å². The normalized spacial score (nSPS) is 15.2. The number of rotatable bonds is 10. The van der Waals surface area contributed by atoms with Crippen molar-refractivity contribution >= 4 is 22.7 Å². The summed E-state index contributed by atoms with van der Waals surface area (Å²) >= 11 is 0. The molecule has 7 nitrogen and oxygen atoms in total. The monoisotopic (exact) mass is 387 g/mol. The van der Waals surface area contributed by atoms with E-state index in [2.05, 4.69) is 27.2 Å². The van der Waals surface area contributed by atoms with Crippen LogP contribution in [0.25, 0.3) is 10.9 Å². The van der Waals surface area contributed by atoms with Gasteiger partial charge >= 0.3 is 0 Å². The molecule has 28 heavy (non-hydrogen) atoms. The predicted molar refractivity (Wildman–Crippen MR) is 114 cm³/mol. The highest BCUT2D eigenvalue weighted by Crippen LogP contribution is 2.27. The summed E-state index contributed by atoms with van der Waals surface area (Å²) in [5.74, 6) is 1.71. The van der Waals surface area contributed by atoms with E-state index in [1.54, 1.807) is 0 Å². The van der Waals surface area contributed by atoms with Gasteiger partial charge < -0.3 is 20.4 Å². The van der Waals surface area contributed by atoms with Gasteiger partial charge in [0.1, 0.15) is 5.82 Å². The molecule has 7 heteroatoms. The van der Waals surface area contributed by atoms with Gasteiger partial charge in [0.2, 0.25) is 5.95 Å². The molecule has 1 aromatic heterocycles. The Bertz CT molecular complexity index is 713. The van der Waals surface area contributed by atoms with E-state index in [0.717, 1.165) is 49.3 Å². The van der Waals surface area contributed by atoms with Gasteiger partial charge in [-0.05, 0) is 37.9 Å². The lowest BCUT2D eigenvalue weighted by atomic mass is 10.2. The zero-order chi connectivity index (χ0) is 19.6. The van der Waals surface area contributed by atoms with Gasteiger partial charge in [0.05, 0.1) is 18.7 Å². The molecule has 0 saturated carbocycles. The van der Waals surface area contributed by atoms with E-state index in [0.29, 0.717) is 19.0 Å². The Labute approximate surface area is 167 Å². The second-order valence-electron chi connectivity index (χ2n) is 7.36. The zero-order valence-electron chi connectivity index (χ0n) is 16.7. The molecule has 1 aliphatic rings. The van der Waals surface area contributed by atoms with Crippen LogP contribution in [-0.4, -0.2) is 77.6 Å². The molecule has 3 rings (SSSR count). The molecule has 0 atom stereocenters. The van der Waals surface area contributed by atoms with E-state index in [1.165, 1.54) is 25.7 Å². The number of nitrogens with zero attached hydrogens (tertiary/aromatic N) is 4. The van der Waals surface area contributed by atoms with Crippen LogP contribution in [0.2, 0.25) is 0 Å². The lowest BCUT2D eigenvalue weighted by Crippen LogP contribution is -2.31. The molecule has 3 N–H and O–H groups in total. The van der Waals surface area contributed by atoms with Crippen LogP contribution in [0.3, 0.4) is 0 Å². The predicted octanol–water partition coefficient (Wildman–Crippen LogP) is 2.10. The highest BCUT2D eigenvalue weighted by Gasteiger charge is 2.16. The fourth-order valence-electron chi connectivity index (χ4n) is 3.78. The van der Waals surface area contributed by atoms with Gasteiger partial charge in [0, 0.05) is 38.1 Å². The Kier molecular flexibility index (Phi) is 8.26. The molecular weight excluding hydrogens is 354 g/mol. The molecule has 1 aromatic carbocycles. The number of para-hydroxylation sites is 1. The van der Waals surface area contributed by atoms with Crippen LogP contribution in [0.5, 0.6) is 0 Å². The number of nitrogens with one attached hydrogen (secondary N) is 1. The number of hydrogen-bond acceptors (Lipinski definition) is 7. The highest BCUT2D eigenvalue weighted by molar-refractivity contribution is 5.90. The first-order valence-corrected chi connectivity index (χ1v) is 10.5. The topological polar surface area (TPSA) is 84.8 Å². The largest absolute Gasteiger partial charge is 0.395 e. The van der Waals surface area contributed by atoms with Crippen molar-refractivity contribution in [2.45, 2.75) is 32.1 Å². The average molecular weight is 388 g/mol. The molecule has 0 unspecified atom stereocenters. The van der Waals surface area contributed by atoms with Crippen molar-refractivity contribution in [3.63, 3.8) is 0 Å². The summed E-state index contributed by atoms with van der Waals surface area (Å²) in [6.45, 7) is 5.08. The maximum Gasteiger partial charge on any atom is 0.225 e. The number of benzene rings is 1. The molecule has 1 saturated heterocycles. The second-order valence-corrected chi connectivity index (χ2v) is 7.36. The number of hydrogen-bond donors (Lipinski definition) is 3. The SMILES string of the molecule is OCCN(CCO)CCCNc1nc(N2CCCCCC2)c2ccccc2n1. The molecule has 1 fully saturated rings. The van der Waals surface area contributed by atoms with Gasteiger partial charge in [-0.1, -0.05) is 25.0 Å². The Morgan fingerprint density at radius 3 is 2.36 bits per heavy atom. The van der Waals surface area contributed by atoms with Gasteiger partial charge in [0.15, 0.2) is 0 Å². The number of aliphatic hydroxyl groups is 2. The van der Waals surface area contributed by atoms with Crippen molar-refractivity contribution in [3.05, 3.63) is 24.3 Å². The molecular formula is C21H33N5O2. The van der Waals surface area contributed by atoms with Crippen LogP contribution in [0.4, 0.5) is 11.8 Å². The summed E-state index contributed by atoms with van der Waals surface area (Å²) in [6.07, 6.45) is 5.92. The highest BCUT2D eigenvalue weighted by atomic mass is 16.3. The molecule has 0 amide bonds. The number of aliphatic hydroxyl groups excluding tert-OH is 2. The van der Waals surface area contributed by atoms with Crippen molar-refractivity contribution in [1.29, 1.82) is 0 Å². The van der Waals surface area contributed by atoms with E-state index in [1.807, 2.05) is 12.1 Å². The van der Waals surface area contributed by atoms with Gasteiger partial charge in [0.25, 0.3) is 0 Å². The standard InChI is InChI=1S/C21H33N5O2/c27-16-14-25(15-17-28)11-7-10-22-21-23-19-9-4-3-8-18(19)20(24-21)26-12-5-1-2-6-13-26/h3-4,8-9,27-28H,1-2,5-7,10-17H2,(H,22,23,24). The zero-order valence-corrected chi connectivity index (χ0v) is 16.7. The first-order chi connectivity index (χ1) is 13.8. The fraction of sp³-hybridized carbons (Fsp3) is 0.619. The average Bonchev–Trinajstić information content (AvgIpc) is 3.00. The summed E-state index contributed by atoms with van der Waals surface area (Å²) in [4.78, 5) is 14.0. The Morgan fingerprint density at radius 1 is 0.929 bits per heavy atom. The number of anilines is 2. The molecule has 0 bridgehead atoms. The number of fused-ring (bicyclic) bond motifs is 1. The fourth-order valence-corrected chi connectivity index (χ4v) is 3.78. The molecule has 0 radical (unpaired) electrons. The van der Waals surface area contributed by atoms with Crippen molar-refractivity contribution < 1.29 is 10.2 Å². The third-order valence-electron chi connectivity index (χ3n) is 5.26. The van der Waals surface area contributed by atoms with Crippen LogP contribution < -0.4 is 10.2 Å². The molecule has 2 aromatic rings. The minimum absolute atomic E-state index is 0.112. The first-order valence-electron chi connectivity index (χ1n) is 10.5. The first kappa shape index (κ1) is 20.8. The Morgan fingerprint density at radius 2 is 1.64 bits per heavy atom. The lowest BCUT2D eigenvalue weighted by molar-refractivity contribution is 0.161. The Hall–Kier alpha value is -1.96. The van der Waals surface area contributed by atoms with Crippen molar-refractivity contribution in [3.8, 4) is 0 Å².